The zero-order chi connectivity index (χ0) is 54.3. The molecule has 0 aromatic carbocycles. The van der Waals surface area contributed by atoms with Crippen molar-refractivity contribution in [1.82, 2.24) is 0 Å². The molecule has 75 heavy (non-hydrogen) atoms. The van der Waals surface area contributed by atoms with Crippen molar-refractivity contribution in [2.75, 3.05) is 13.2 Å². The summed E-state index contributed by atoms with van der Waals surface area (Å²) in [6.45, 7) is 6.36. The second-order valence-corrected chi connectivity index (χ2v) is 20.2. The number of hydrogen-bond acceptors (Lipinski definition) is 6. The standard InChI is InChI=1S/C69H114O6/c1-4-7-10-13-16-19-22-25-27-29-31-33-34-36-37-39-41-44-47-50-53-56-59-62-68(71)74-65-66(64-73-67(70)61-58-55-52-49-46-43-24-21-18-15-12-9-6-3)75-69(72)63-60-57-54-51-48-45-42-40-38-35-32-30-28-26-23-20-17-14-11-8-5-2/h8-9,11-12,17-18,20-21,26,28-29,31-32,35,40,42-43,46,48,51,66H,4-7,10,13-16,19,22-25,27,30,33-34,36-39,41,44-45,47,49-50,52-65H2,1-3H3/b11-8-,12-9-,20-17-,21-18-,28-26-,31-29-,35-32-,42-40-,46-43-,51-48-. The van der Waals surface area contributed by atoms with E-state index >= 15 is 0 Å². The second-order valence-electron chi connectivity index (χ2n) is 20.2. The van der Waals surface area contributed by atoms with Gasteiger partial charge in [-0.05, 0) is 128 Å². The lowest BCUT2D eigenvalue weighted by Gasteiger charge is -2.18. The Bertz CT molecular complexity index is 1570. The van der Waals surface area contributed by atoms with Gasteiger partial charge in [0, 0.05) is 19.3 Å². The Morgan fingerprint density at radius 1 is 0.280 bits per heavy atom. The fourth-order valence-corrected chi connectivity index (χ4v) is 8.34. The highest BCUT2D eigenvalue weighted by atomic mass is 16.6. The second kappa shape index (κ2) is 62.4. The van der Waals surface area contributed by atoms with Gasteiger partial charge in [-0.25, -0.2) is 0 Å². The average molecular weight is 1040 g/mol. The first kappa shape index (κ1) is 70.8. The van der Waals surface area contributed by atoms with E-state index in [4.69, 9.17) is 14.2 Å². The van der Waals surface area contributed by atoms with Gasteiger partial charge < -0.3 is 14.2 Å². The van der Waals surface area contributed by atoms with E-state index in [-0.39, 0.29) is 37.5 Å². The molecular formula is C69H114O6. The molecule has 0 bridgehead atoms. The molecule has 6 heteroatoms. The molecule has 0 aliphatic heterocycles. The van der Waals surface area contributed by atoms with Gasteiger partial charge in [-0.1, -0.05) is 251 Å². The van der Waals surface area contributed by atoms with Crippen molar-refractivity contribution >= 4 is 17.9 Å². The zero-order valence-electron chi connectivity index (χ0n) is 48.8. The van der Waals surface area contributed by atoms with Crippen molar-refractivity contribution in [3.05, 3.63) is 122 Å². The average Bonchev–Trinajstić information content (AvgIpc) is 3.41. The lowest BCUT2D eigenvalue weighted by molar-refractivity contribution is -0.167. The van der Waals surface area contributed by atoms with Gasteiger partial charge >= 0.3 is 17.9 Å². The number of esters is 3. The molecule has 0 rings (SSSR count). The molecule has 0 spiro atoms. The highest BCUT2D eigenvalue weighted by Crippen LogP contribution is 2.15. The van der Waals surface area contributed by atoms with Crippen LogP contribution in [0.3, 0.4) is 0 Å². The Labute approximate surface area is 462 Å². The molecule has 0 saturated heterocycles. The first-order valence-electron chi connectivity index (χ1n) is 31.0. The highest BCUT2D eigenvalue weighted by molar-refractivity contribution is 5.71. The summed E-state index contributed by atoms with van der Waals surface area (Å²) in [6, 6.07) is 0. The number of rotatable bonds is 55. The third kappa shape index (κ3) is 60.6. The molecule has 0 amide bonds. The minimum atomic E-state index is -0.818. The van der Waals surface area contributed by atoms with Crippen molar-refractivity contribution < 1.29 is 28.6 Å². The van der Waals surface area contributed by atoms with Gasteiger partial charge in [0.05, 0.1) is 0 Å². The molecule has 0 aromatic rings. The number of carbonyl (C=O) groups excluding carboxylic acids is 3. The number of ether oxygens (including phenoxy) is 3. The van der Waals surface area contributed by atoms with Crippen LogP contribution in [0.1, 0.15) is 278 Å². The molecule has 0 heterocycles. The fourth-order valence-electron chi connectivity index (χ4n) is 8.34. The van der Waals surface area contributed by atoms with Crippen LogP contribution >= 0.6 is 0 Å². The molecule has 0 aliphatic rings. The summed E-state index contributed by atoms with van der Waals surface area (Å²) in [7, 11) is 0. The maximum atomic E-state index is 12.9. The van der Waals surface area contributed by atoms with Crippen molar-refractivity contribution in [2.24, 2.45) is 0 Å². The van der Waals surface area contributed by atoms with Crippen LogP contribution in [0.25, 0.3) is 0 Å². The van der Waals surface area contributed by atoms with Gasteiger partial charge in [0.25, 0.3) is 0 Å². The molecule has 0 aliphatic carbocycles. The van der Waals surface area contributed by atoms with Gasteiger partial charge in [-0.15, -0.1) is 0 Å². The van der Waals surface area contributed by atoms with Gasteiger partial charge in [0.15, 0.2) is 6.10 Å². The van der Waals surface area contributed by atoms with E-state index in [9.17, 15) is 14.4 Å². The lowest BCUT2D eigenvalue weighted by atomic mass is 10.0. The number of hydrogen-bond donors (Lipinski definition) is 0. The molecule has 1 unspecified atom stereocenters. The zero-order valence-corrected chi connectivity index (χ0v) is 48.8. The molecule has 1 atom stereocenters. The molecule has 0 radical (unpaired) electrons. The monoisotopic (exact) mass is 1040 g/mol. The van der Waals surface area contributed by atoms with Crippen LogP contribution in [0.5, 0.6) is 0 Å². The predicted octanol–water partition coefficient (Wildman–Crippen LogP) is 21.2. The Morgan fingerprint density at radius 2 is 0.520 bits per heavy atom. The largest absolute Gasteiger partial charge is 0.462 e. The smallest absolute Gasteiger partial charge is 0.306 e. The van der Waals surface area contributed by atoms with Crippen LogP contribution in [0.2, 0.25) is 0 Å². The van der Waals surface area contributed by atoms with Crippen molar-refractivity contribution in [3.63, 3.8) is 0 Å². The van der Waals surface area contributed by atoms with Crippen LogP contribution in [0.15, 0.2) is 122 Å². The van der Waals surface area contributed by atoms with Gasteiger partial charge in [-0.2, -0.15) is 0 Å². The number of carbonyl (C=O) groups is 3. The maximum Gasteiger partial charge on any atom is 0.306 e. The Kier molecular flexibility index (Phi) is 58.9. The first-order valence-corrected chi connectivity index (χ1v) is 31.0. The number of unbranched alkanes of at least 4 members (excludes halogenated alkanes) is 24. The van der Waals surface area contributed by atoms with Gasteiger partial charge in [0.1, 0.15) is 13.2 Å². The Morgan fingerprint density at radius 3 is 0.867 bits per heavy atom. The van der Waals surface area contributed by atoms with Crippen LogP contribution < -0.4 is 0 Å². The van der Waals surface area contributed by atoms with Crippen LogP contribution in [-0.2, 0) is 28.6 Å². The van der Waals surface area contributed by atoms with E-state index in [0.717, 1.165) is 116 Å². The quantitative estimate of drug-likeness (QED) is 0.0261. The van der Waals surface area contributed by atoms with E-state index < -0.39 is 6.10 Å². The van der Waals surface area contributed by atoms with E-state index in [0.29, 0.717) is 19.3 Å². The van der Waals surface area contributed by atoms with Crippen LogP contribution in [0.4, 0.5) is 0 Å². The Balaban J connectivity index is 4.43. The molecule has 0 N–H and O–H groups in total. The topological polar surface area (TPSA) is 78.9 Å². The minimum Gasteiger partial charge on any atom is -0.462 e. The van der Waals surface area contributed by atoms with Crippen molar-refractivity contribution in [3.8, 4) is 0 Å². The minimum absolute atomic E-state index is 0.108. The fraction of sp³-hybridized carbons (Fsp3) is 0.667. The van der Waals surface area contributed by atoms with E-state index in [2.05, 4.69) is 142 Å². The molecule has 6 nitrogen and oxygen atoms in total. The normalized spacial score (nSPS) is 12.9. The van der Waals surface area contributed by atoms with Crippen LogP contribution in [-0.4, -0.2) is 37.2 Å². The van der Waals surface area contributed by atoms with Crippen LogP contribution in [0, 0.1) is 0 Å². The molecule has 0 saturated carbocycles. The predicted molar refractivity (Wildman–Crippen MR) is 325 cm³/mol. The van der Waals surface area contributed by atoms with E-state index in [1.54, 1.807) is 0 Å². The molecule has 426 valence electrons. The third-order valence-corrected chi connectivity index (χ3v) is 12.9. The third-order valence-electron chi connectivity index (χ3n) is 12.9. The Hall–Kier alpha value is -4.19. The van der Waals surface area contributed by atoms with Gasteiger partial charge in [-0.3, -0.25) is 14.4 Å². The summed E-state index contributed by atoms with van der Waals surface area (Å²) in [5.74, 6) is -0.981. The summed E-state index contributed by atoms with van der Waals surface area (Å²) in [6.07, 6.45) is 86.4. The first-order chi connectivity index (χ1) is 37.0. The SMILES string of the molecule is CC/C=C\C/C=C\C/C=C\C/C=C\C/C=C\C/C=C\CCCCC(=O)OC(COC(=O)CCCCC/C=C\C/C=C\C/C=C\CC)COC(=O)CCCCCCCCCCCCC/C=C\CCCCCCCCCC. The van der Waals surface area contributed by atoms with E-state index in [1.807, 2.05) is 0 Å². The van der Waals surface area contributed by atoms with E-state index in [1.165, 1.54) is 116 Å². The molecule has 0 aromatic heterocycles. The molecular weight excluding hydrogens is 925 g/mol. The summed E-state index contributed by atoms with van der Waals surface area (Å²) >= 11 is 0. The maximum absolute atomic E-state index is 12.9. The van der Waals surface area contributed by atoms with Gasteiger partial charge in [0.2, 0.25) is 0 Å². The number of allylic oxidation sites excluding steroid dienone is 20. The molecule has 0 fully saturated rings. The summed E-state index contributed by atoms with van der Waals surface area (Å²) in [4.78, 5) is 38.2. The highest BCUT2D eigenvalue weighted by Gasteiger charge is 2.19. The van der Waals surface area contributed by atoms with Crippen molar-refractivity contribution in [1.29, 1.82) is 0 Å². The summed E-state index contributed by atoms with van der Waals surface area (Å²) < 4.78 is 16.8. The summed E-state index contributed by atoms with van der Waals surface area (Å²) in [5.41, 5.74) is 0. The lowest BCUT2D eigenvalue weighted by Crippen LogP contribution is -2.30. The van der Waals surface area contributed by atoms with Crippen molar-refractivity contribution in [2.45, 2.75) is 284 Å². The summed E-state index contributed by atoms with van der Waals surface area (Å²) in [5, 5.41) is 0.